The number of hydrogen-bond donors (Lipinski definition) is 0. The van der Waals surface area contributed by atoms with Crippen LogP contribution in [0.5, 0.6) is 0 Å². The van der Waals surface area contributed by atoms with Gasteiger partial charge in [0.25, 0.3) is 6.43 Å². The average molecular weight is 274 g/mol. The van der Waals surface area contributed by atoms with E-state index in [1.165, 1.54) is 4.90 Å². The van der Waals surface area contributed by atoms with Crippen LogP contribution >= 0.6 is 0 Å². The Morgan fingerprint density at radius 3 is 2.32 bits per heavy atom. The van der Waals surface area contributed by atoms with Gasteiger partial charge in [0.15, 0.2) is 0 Å². The predicted molar refractivity (Wildman–Crippen MR) is 63.9 cm³/mol. The zero-order valence-corrected chi connectivity index (χ0v) is 10.7. The molecule has 0 aromatic heterocycles. The predicted octanol–water partition coefficient (Wildman–Crippen LogP) is -0.546. The van der Waals surface area contributed by atoms with Gasteiger partial charge in [-0.15, -0.1) is 0 Å². The fourth-order valence-electron chi connectivity index (χ4n) is 2.31. The molecule has 108 valence electrons. The van der Waals surface area contributed by atoms with Crippen LogP contribution in [0.4, 0.5) is 13.6 Å². The highest BCUT2D eigenvalue weighted by molar-refractivity contribution is 5.65. The van der Waals surface area contributed by atoms with Crippen LogP contribution in [-0.4, -0.2) is 79.6 Å². The van der Waals surface area contributed by atoms with Crippen LogP contribution < -0.4 is 5.11 Å². The Hall–Kier alpha value is -1.21. The Morgan fingerprint density at radius 2 is 1.79 bits per heavy atom. The summed E-state index contributed by atoms with van der Waals surface area (Å²) in [4.78, 5) is 15.7. The van der Waals surface area contributed by atoms with Gasteiger partial charge in [-0.2, -0.15) is 0 Å². The average Bonchev–Trinajstić information content (AvgIpc) is 2.28. The first-order chi connectivity index (χ1) is 9.04. The van der Waals surface area contributed by atoms with Gasteiger partial charge in [-0.25, -0.2) is 8.78 Å². The van der Waals surface area contributed by atoms with E-state index in [1.54, 1.807) is 4.90 Å². The molecule has 0 unspecified atom stereocenters. The lowest BCUT2D eigenvalue weighted by Gasteiger charge is -2.37. The minimum atomic E-state index is -2.26. The van der Waals surface area contributed by atoms with E-state index in [1.807, 2.05) is 6.08 Å². The molecule has 0 aliphatic carbocycles. The molecule has 0 aromatic carbocycles. The maximum atomic E-state index is 12.2. The Morgan fingerprint density at radius 1 is 1.21 bits per heavy atom. The third-order valence-electron chi connectivity index (χ3n) is 3.55. The summed E-state index contributed by atoms with van der Waals surface area (Å²) in [5, 5.41) is 10.5. The molecule has 0 N–H and O–H groups in total. The number of hydrogen-bond acceptors (Lipinski definition) is 4. The van der Waals surface area contributed by atoms with Crippen molar-refractivity contribution >= 4 is 6.09 Å². The summed E-state index contributed by atoms with van der Waals surface area (Å²) in [7, 11) is 0. The van der Waals surface area contributed by atoms with Crippen LogP contribution in [0.2, 0.25) is 0 Å². The molecular formula is C12H18F2N3O2-. The molecule has 2 aliphatic rings. The monoisotopic (exact) mass is 274 g/mol. The standard InChI is InChI=1S/C12H19F2N3O2/c13-11(14)9-16-5-3-15(4-6-16)2-1-10-7-17(8-10)12(18)19/h1,11H,2-9H2,(H,18,19)/p-1. The molecule has 2 heterocycles. The number of carbonyl (C=O) groups is 1. The van der Waals surface area contributed by atoms with Crippen LogP contribution in [0, 0.1) is 0 Å². The first-order valence-corrected chi connectivity index (χ1v) is 6.41. The molecule has 2 fully saturated rings. The Labute approximate surface area is 111 Å². The van der Waals surface area contributed by atoms with Crippen LogP contribution in [0.15, 0.2) is 11.6 Å². The number of amides is 1. The second kappa shape index (κ2) is 6.29. The molecule has 0 atom stereocenters. The van der Waals surface area contributed by atoms with Gasteiger partial charge in [0, 0.05) is 45.8 Å². The number of rotatable bonds is 4. The Kier molecular flexibility index (Phi) is 4.71. The van der Waals surface area contributed by atoms with Gasteiger partial charge >= 0.3 is 0 Å². The van der Waals surface area contributed by atoms with Crippen molar-refractivity contribution in [3.05, 3.63) is 11.6 Å². The van der Waals surface area contributed by atoms with Crippen molar-refractivity contribution in [1.29, 1.82) is 0 Å². The van der Waals surface area contributed by atoms with Gasteiger partial charge in [0.2, 0.25) is 0 Å². The summed E-state index contributed by atoms with van der Waals surface area (Å²) >= 11 is 0. The van der Waals surface area contributed by atoms with Gasteiger partial charge in [-0.1, -0.05) is 6.08 Å². The number of piperazine rings is 1. The molecule has 2 rings (SSSR count). The Bertz CT molecular complexity index is 347. The zero-order valence-electron chi connectivity index (χ0n) is 10.7. The second-order valence-corrected chi connectivity index (χ2v) is 4.98. The summed E-state index contributed by atoms with van der Waals surface area (Å²) < 4.78 is 24.4. The molecule has 0 saturated carbocycles. The quantitative estimate of drug-likeness (QED) is 0.646. The summed E-state index contributed by atoms with van der Waals surface area (Å²) in [5.41, 5.74) is 1.10. The van der Waals surface area contributed by atoms with Gasteiger partial charge in [-0.05, 0) is 5.57 Å². The number of halogens is 2. The summed E-state index contributed by atoms with van der Waals surface area (Å²) in [6, 6.07) is 0. The number of alkyl halides is 2. The molecule has 1 amide bonds. The maximum absolute atomic E-state index is 12.2. The van der Waals surface area contributed by atoms with Crippen LogP contribution in [0.3, 0.4) is 0 Å². The van der Waals surface area contributed by atoms with Crippen molar-refractivity contribution in [1.82, 2.24) is 14.7 Å². The van der Waals surface area contributed by atoms with Crippen molar-refractivity contribution in [3.8, 4) is 0 Å². The van der Waals surface area contributed by atoms with Crippen molar-refractivity contribution in [3.63, 3.8) is 0 Å². The first-order valence-electron chi connectivity index (χ1n) is 6.41. The largest absolute Gasteiger partial charge is 0.530 e. The second-order valence-electron chi connectivity index (χ2n) is 4.98. The summed E-state index contributed by atoms with van der Waals surface area (Å²) in [6.45, 7) is 4.38. The molecule has 2 aliphatic heterocycles. The number of carboxylic acid groups (broad SMARTS) is 1. The molecule has 0 radical (unpaired) electrons. The molecule has 0 aromatic rings. The summed E-state index contributed by atoms with van der Waals surface area (Å²) in [5.74, 6) is 0. The van der Waals surface area contributed by atoms with Crippen molar-refractivity contribution in [2.24, 2.45) is 0 Å². The van der Waals surface area contributed by atoms with Crippen LogP contribution in [0.25, 0.3) is 0 Å². The molecule has 19 heavy (non-hydrogen) atoms. The highest BCUT2D eigenvalue weighted by atomic mass is 19.3. The molecule has 5 nitrogen and oxygen atoms in total. The van der Waals surface area contributed by atoms with Gasteiger partial charge in [-0.3, -0.25) is 9.80 Å². The van der Waals surface area contributed by atoms with Crippen LogP contribution in [0.1, 0.15) is 0 Å². The highest BCUT2D eigenvalue weighted by Crippen LogP contribution is 2.13. The third-order valence-corrected chi connectivity index (χ3v) is 3.55. The number of nitrogens with zero attached hydrogens (tertiary/aromatic N) is 3. The van der Waals surface area contributed by atoms with E-state index < -0.39 is 12.5 Å². The van der Waals surface area contributed by atoms with E-state index in [-0.39, 0.29) is 6.54 Å². The molecular weight excluding hydrogens is 256 g/mol. The lowest BCUT2D eigenvalue weighted by Crippen LogP contribution is -2.51. The fraction of sp³-hybridized carbons (Fsp3) is 0.750. The molecule has 7 heteroatoms. The van der Waals surface area contributed by atoms with E-state index in [2.05, 4.69) is 4.90 Å². The SMILES string of the molecule is O=C([O-])N1CC(=CCN2CCN(CC(F)F)CC2)C1. The van der Waals surface area contributed by atoms with E-state index in [9.17, 15) is 18.7 Å². The van der Waals surface area contributed by atoms with Crippen molar-refractivity contribution in [2.75, 3.05) is 52.4 Å². The van der Waals surface area contributed by atoms with E-state index in [0.29, 0.717) is 26.2 Å². The minimum absolute atomic E-state index is 0.143. The van der Waals surface area contributed by atoms with E-state index in [4.69, 9.17) is 0 Å². The lowest BCUT2D eigenvalue weighted by molar-refractivity contribution is -0.267. The third kappa shape index (κ3) is 4.14. The first kappa shape index (κ1) is 14.2. The molecule has 2 saturated heterocycles. The lowest BCUT2D eigenvalue weighted by atomic mass is 10.1. The smallest absolute Gasteiger partial charge is 0.251 e. The maximum Gasteiger partial charge on any atom is 0.251 e. The van der Waals surface area contributed by atoms with Crippen molar-refractivity contribution in [2.45, 2.75) is 6.43 Å². The Balaban J connectivity index is 1.64. The van der Waals surface area contributed by atoms with Gasteiger partial charge < -0.3 is 14.8 Å². The fourth-order valence-corrected chi connectivity index (χ4v) is 2.31. The topological polar surface area (TPSA) is 49.9 Å². The minimum Gasteiger partial charge on any atom is -0.530 e. The highest BCUT2D eigenvalue weighted by Gasteiger charge is 2.21. The normalized spacial score (nSPS) is 21.6. The van der Waals surface area contributed by atoms with Gasteiger partial charge in [0.1, 0.15) is 6.09 Å². The van der Waals surface area contributed by atoms with Crippen molar-refractivity contribution < 1.29 is 18.7 Å². The van der Waals surface area contributed by atoms with E-state index in [0.717, 1.165) is 25.2 Å². The molecule has 0 spiro atoms. The zero-order chi connectivity index (χ0) is 13.8. The van der Waals surface area contributed by atoms with E-state index >= 15 is 0 Å². The van der Waals surface area contributed by atoms with Crippen LogP contribution in [-0.2, 0) is 0 Å². The number of likely N-dealkylation sites (tertiary alicyclic amines) is 1. The molecule has 0 bridgehead atoms. The summed E-state index contributed by atoms with van der Waals surface area (Å²) in [6.07, 6.45) is -1.36. The number of carbonyl (C=O) groups excluding carboxylic acids is 1. The van der Waals surface area contributed by atoms with Gasteiger partial charge in [0.05, 0.1) is 6.54 Å².